The lowest BCUT2D eigenvalue weighted by molar-refractivity contribution is -0.169. The smallest absolute Gasteiger partial charge is 0.194 e. The normalized spacial score (nSPS) is 31.6. The van der Waals surface area contributed by atoms with Crippen LogP contribution in [0.1, 0.15) is 96.8 Å². The van der Waals surface area contributed by atoms with Gasteiger partial charge in [-0.1, -0.05) is 77.0 Å². The Balaban J connectivity index is 2.08. The lowest BCUT2D eigenvalue weighted by Gasteiger charge is -2.23. The van der Waals surface area contributed by atoms with Gasteiger partial charge < -0.3 is 9.47 Å². The fourth-order valence-corrected chi connectivity index (χ4v) is 5.43. The second kappa shape index (κ2) is 8.68. The van der Waals surface area contributed by atoms with E-state index in [4.69, 9.17) is 9.47 Å². The first-order valence-electron chi connectivity index (χ1n) is 10.2. The molecule has 0 saturated heterocycles. The molecule has 0 N–H and O–H groups in total. The molecule has 3 nitrogen and oxygen atoms in total. The van der Waals surface area contributed by atoms with Crippen molar-refractivity contribution in [2.75, 3.05) is 14.2 Å². The van der Waals surface area contributed by atoms with Crippen LogP contribution in [0.2, 0.25) is 0 Å². The molecule has 0 heterocycles. The van der Waals surface area contributed by atoms with Crippen molar-refractivity contribution in [2.45, 2.75) is 103 Å². The summed E-state index contributed by atoms with van der Waals surface area (Å²) in [5, 5.41) is 9.88. The Morgan fingerprint density at radius 1 is 0.667 bits per heavy atom. The molecule has 0 bridgehead atoms. The van der Waals surface area contributed by atoms with Crippen molar-refractivity contribution in [1.29, 1.82) is 5.26 Å². The van der Waals surface area contributed by atoms with Crippen molar-refractivity contribution in [3.05, 3.63) is 0 Å². The number of nitrogens with zero attached hydrogens (tertiary/aromatic N) is 1. The van der Waals surface area contributed by atoms with E-state index in [9.17, 15) is 5.26 Å². The van der Waals surface area contributed by atoms with Crippen LogP contribution in [0, 0.1) is 22.2 Å². The van der Waals surface area contributed by atoms with Gasteiger partial charge in [-0.05, 0) is 19.8 Å². The summed E-state index contributed by atoms with van der Waals surface area (Å²) in [6.45, 7) is 2.05. The number of methoxy groups -OCH3 is 2. The highest BCUT2D eigenvalue weighted by atomic mass is 16.7. The van der Waals surface area contributed by atoms with Crippen molar-refractivity contribution < 1.29 is 9.47 Å². The van der Waals surface area contributed by atoms with Crippen LogP contribution in [0.3, 0.4) is 0 Å². The molecule has 2 aliphatic rings. The Hall–Kier alpha value is -0.590. The van der Waals surface area contributed by atoms with Crippen LogP contribution in [0.5, 0.6) is 0 Å². The molecular weight excluding hydrogens is 298 g/mol. The van der Waals surface area contributed by atoms with Gasteiger partial charge in [0, 0.05) is 19.6 Å². The summed E-state index contributed by atoms with van der Waals surface area (Å²) in [6.07, 6.45) is 18.0. The first-order chi connectivity index (χ1) is 11.6. The number of nitriles is 1. The van der Waals surface area contributed by atoms with Gasteiger partial charge >= 0.3 is 0 Å². The van der Waals surface area contributed by atoms with E-state index in [0.717, 1.165) is 12.8 Å². The van der Waals surface area contributed by atoms with Crippen LogP contribution in [0.4, 0.5) is 0 Å². The SMILES string of the molecule is COC1(OC)C(C)(C#N)C12CCCCCCCCCCCCCC2. The minimum Gasteiger partial charge on any atom is -0.351 e. The number of rotatable bonds is 2. The summed E-state index contributed by atoms with van der Waals surface area (Å²) in [5.74, 6) is -0.706. The molecule has 1 unspecified atom stereocenters. The van der Waals surface area contributed by atoms with Gasteiger partial charge in [0.15, 0.2) is 5.79 Å². The lowest BCUT2D eigenvalue weighted by Crippen LogP contribution is -2.26. The van der Waals surface area contributed by atoms with Gasteiger partial charge in [0.05, 0.1) is 6.07 Å². The summed E-state index contributed by atoms with van der Waals surface area (Å²) in [7, 11) is 3.42. The van der Waals surface area contributed by atoms with E-state index in [2.05, 4.69) is 6.07 Å². The number of hydrogen-bond acceptors (Lipinski definition) is 3. The van der Waals surface area contributed by atoms with Gasteiger partial charge in [-0.3, -0.25) is 0 Å². The van der Waals surface area contributed by atoms with Gasteiger partial charge in [0.2, 0.25) is 0 Å². The first kappa shape index (κ1) is 19.7. The van der Waals surface area contributed by atoms with Crippen LogP contribution in [-0.2, 0) is 9.47 Å². The highest BCUT2D eigenvalue weighted by Gasteiger charge is 2.87. The largest absolute Gasteiger partial charge is 0.351 e. The van der Waals surface area contributed by atoms with Crippen LogP contribution in [0.15, 0.2) is 0 Å². The zero-order chi connectivity index (χ0) is 17.5. The molecule has 0 aliphatic heterocycles. The molecule has 138 valence electrons. The molecule has 1 spiro atoms. The predicted molar refractivity (Wildman–Crippen MR) is 97.5 cm³/mol. The van der Waals surface area contributed by atoms with E-state index in [0.29, 0.717) is 0 Å². The maximum absolute atomic E-state index is 9.88. The fraction of sp³-hybridized carbons (Fsp3) is 0.952. The molecule has 2 fully saturated rings. The van der Waals surface area contributed by atoms with Crippen LogP contribution in [0.25, 0.3) is 0 Å². The van der Waals surface area contributed by atoms with Crippen molar-refractivity contribution in [3.8, 4) is 6.07 Å². The summed E-state index contributed by atoms with van der Waals surface area (Å²) in [5.41, 5.74) is -0.643. The average Bonchev–Trinajstić information content (AvgIpc) is 3.07. The molecule has 1 atom stereocenters. The second-order valence-corrected chi connectivity index (χ2v) is 8.09. The fourth-order valence-electron chi connectivity index (χ4n) is 5.43. The average molecular weight is 336 g/mol. The van der Waals surface area contributed by atoms with Crippen molar-refractivity contribution >= 4 is 0 Å². The molecule has 2 rings (SSSR count). The van der Waals surface area contributed by atoms with E-state index in [-0.39, 0.29) is 5.41 Å². The zero-order valence-corrected chi connectivity index (χ0v) is 16.2. The number of ether oxygens (including phenoxy) is 2. The third-order valence-electron chi connectivity index (χ3n) is 6.94. The minimum atomic E-state index is -0.706. The summed E-state index contributed by atoms with van der Waals surface area (Å²) >= 11 is 0. The lowest BCUT2D eigenvalue weighted by atomic mass is 9.84. The van der Waals surface area contributed by atoms with E-state index < -0.39 is 11.2 Å². The Bertz CT molecular complexity index is 408. The van der Waals surface area contributed by atoms with Crippen LogP contribution >= 0.6 is 0 Å². The zero-order valence-electron chi connectivity index (χ0n) is 16.2. The quantitative estimate of drug-likeness (QED) is 0.583. The van der Waals surface area contributed by atoms with Crippen molar-refractivity contribution in [2.24, 2.45) is 10.8 Å². The Labute approximate surface area is 149 Å². The maximum atomic E-state index is 9.88. The third kappa shape index (κ3) is 3.25. The molecule has 24 heavy (non-hydrogen) atoms. The Kier molecular flexibility index (Phi) is 7.13. The standard InChI is InChI=1S/C21H37NO2/c1-19(18-22)20(21(19,23-2)24-3)16-14-12-10-8-6-4-5-7-9-11-13-15-17-20/h4-17H2,1-3H3. The van der Waals surface area contributed by atoms with Gasteiger partial charge in [-0.15, -0.1) is 0 Å². The monoisotopic (exact) mass is 335 g/mol. The van der Waals surface area contributed by atoms with E-state index in [1.807, 2.05) is 6.92 Å². The van der Waals surface area contributed by atoms with Gasteiger partial charge in [0.25, 0.3) is 0 Å². The van der Waals surface area contributed by atoms with Crippen LogP contribution in [-0.4, -0.2) is 20.0 Å². The summed E-state index contributed by atoms with van der Waals surface area (Å²) in [6, 6.07) is 2.56. The maximum Gasteiger partial charge on any atom is 0.194 e. The molecule has 0 aromatic heterocycles. The van der Waals surface area contributed by atoms with Gasteiger partial charge in [-0.2, -0.15) is 5.26 Å². The molecular formula is C21H37NO2. The first-order valence-corrected chi connectivity index (χ1v) is 10.2. The Morgan fingerprint density at radius 2 is 1.00 bits per heavy atom. The molecule has 3 heteroatoms. The molecule has 2 saturated carbocycles. The van der Waals surface area contributed by atoms with Gasteiger partial charge in [-0.25, -0.2) is 0 Å². The topological polar surface area (TPSA) is 42.2 Å². The van der Waals surface area contributed by atoms with Gasteiger partial charge in [0.1, 0.15) is 5.41 Å². The van der Waals surface area contributed by atoms with E-state index >= 15 is 0 Å². The molecule has 0 amide bonds. The van der Waals surface area contributed by atoms with E-state index in [1.54, 1.807) is 14.2 Å². The second-order valence-electron chi connectivity index (χ2n) is 8.09. The third-order valence-corrected chi connectivity index (χ3v) is 6.94. The highest BCUT2D eigenvalue weighted by molar-refractivity contribution is 5.35. The highest BCUT2D eigenvalue weighted by Crippen LogP contribution is 2.77. The van der Waals surface area contributed by atoms with E-state index in [1.165, 1.54) is 77.0 Å². The summed E-state index contributed by atoms with van der Waals surface area (Å²) in [4.78, 5) is 0. The van der Waals surface area contributed by atoms with Crippen molar-refractivity contribution in [1.82, 2.24) is 0 Å². The number of hydrogen-bond donors (Lipinski definition) is 0. The molecule has 2 aliphatic carbocycles. The van der Waals surface area contributed by atoms with Crippen LogP contribution < -0.4 is 0 Å². The Morgan fingerprint density at radius 3 is 1.25 bits per heavy atom. The predicted octanol–water partition coefficient (Wildman–Crippen LogP) is 5.98. The molecule has 0 aromatic carbocycles. The molecule has 0 aromatic rings. The van der Waals surface area contributed by atoms with Crippen molar-refractivity contribution in [3.63, 3.8) is 0 Å². The molecule has 0 radical (unpaired) electrons. The summed E-state index contributed by atoms with van der Waals surface area (Å²) < 4.78 is 11.7. The minimum absolute atomic E-state index is 0.127.